The van der Waals surface area contributed by atoms with Crippen LogP contribution in [0.4, 0.5) is 11.5 Å². The molecule has 21 heavy (non-hydrogen) atoms. The van der Waals surface area contributed by atoms with Crippen molar-refractivity contribution in [1.82, 2.24) is 15.2 Å². The largest absolute Gasteiger partial charge is 0.497 e. The number of ether oxygens (including phenoxy) is 1. The zero-order chi connectivity index (χ0) is 14.8. The van der Waals surface area contributed by atoms with Gasteiger partial charge in [0.15, 0.2) is 11.5 Å². The number of nitrogens with one attached hydrogen (secondary N) is 2. The summed E-state index contributed by atoms with van der Waals surface area (Å²) in [6.45, 7) is 0.630. The molecule has 0 atom stereocenters. The van der Waals surface area contributed by atoms with Gasteiger partial charge in [-0.3, -0.25) is 10.5 Å². The van der Waals surface area contributed by atoms with Gasteiger partial charge in [0, 0.05) is 7.05 Å². The van der Waals surface area contributed by atoms with Crippen LogP contribution in [0.5, 0.6) is 5.75 Å². The van der Waals surface area contributed by atoms with Crippen LogP contribution >= 0.6 is 12.2 Å². The zero-order valence-corrected chi connectivity index (χ0v) is 12.4. The van der Waals surface area contributed by atoms with Crippen LogP contribution in [0, 0.1) is 4.77 Å². The molecule has 0 saturated carbocycles. The van der Waals surface area contributed by atoms with E-state index in [0.717, 1.165) is 23.0 Å². The second-order valence-electron chi connectivity index (χ2n) is 4.57. The Balaban J connectivity index is 1.83. The molecular weight excluding hydrogens is 288 g/mol. The average molecular weight is 302 g/mol. The number of H-pyrrole nitrogens is 1. The van der Waals surface area contributed by atoms with Crippen LogP contribution in [0.15, 0.2) is 29.4 Å². The van der Waals surface area contributed by atoms with E-state index in [-0.39, 0.29) is 0 Å². The quantitative estimate of drug-likeness (QED) is 0.665. The Morgan fingerprint density at radius 1 is 1.38 bits per heavy atom. The van der Waals surface area contributed by atoms with Gasteiger partial charge in [-0.1, -0.05) is 0 Å². The second-order valence-corrected chi connectivity index (χ2v) is 4.95. The van der Waals surface area contributed by atoms with Gasteiger partial charge in [0.25, 0.3) is 0 Å². The topological polar surface area (TPSA) is 78.4 Å². The minimum absolute atomic E-state index is 0.366. The van der Waals surface area contributed by atoms with E-state index in [4.69, 9.17) is 17.0 Å². The highest BCUT2D eigenvalue weighted by molar-refractivity contribution is 7.71. The lowest BCUT2D eigenvalue weighted by atomic mass is 10.3. The number of anilines is 2. The minimum Gasteiger partial charge on any atom is -0.497 e. The third-order valence-corrected chi connectivity index (χ3v) is 3.30. The van der Waals surface area contributed by atoms with E-state index in [9.17, 15) is 0 Å². The maximum atomic E-state index is 5.12. The van der Waals surface area contributed by atoms with Crippen LogP contribution < -0.4 is 15.1 Å². The summed E-state index contributed by atoms with van der Waals surface area (Å²) in [7, 11) is 3.56. The van der Waals surface area contributed by atoms with E-state index in [0.29, 0.717) is 17.0 Å². The predicted octanol–water partition coefficient (Wildman–Crippen LogP) is 1.81. The van der Waals surface area contributed by atoms with Crippen molar-refractivity contribution in [2.75, 3.05) is 31.0 Å². The molecule has 0 radical (unpaired) electrons. The molecule has 2 heterocycles. The SMILES string of the molecule is COc1ccc(N/N=C2\CN(C)c3nc(=S)[nH]nc32)cc1. The third-order valence-electron chi connectivity index (χ3n) is 3.11. The number of likely N-dealkylation sites (N-methyl/N-ethyl adjacent to an activating group) is 1. The number of hydrogen-bond donors (Lipinski definition) is 2. The van der Waals surface area contributed by atoms with E-state index in [2.05, 4.69) is 25.7 Å². The van der Waals surface area contributed by atoms with Crippen molar-refractivity contribution >= 4 is 29.4 Å². The van der Waals surface area contributed by atoms with Crippen LogP contribution in [0.2, 0.25) is 0 Å². The predicted molar refractivity (Wildman–Crippen MR) is 83.6 cm³/mol. The molecule has 3 rings (SSSR count). The molecule has 2 N–H and O–H groups in total. The number of benzene rings is 1. The molecule has 108 valence electrons. The van der Waals surface area contributed by atoms with E-state index >= 15 is 0 Å². The number of nitrogens with zero attached hydrogens (tertiary/aromatic N) is 4. The molecule has 8 heteroatoms. The summed E-state index contributed by atoms with van der Waals surface area (Å²) < 4.78 is 5.48. The van der Waals surface area contributed by atoms with Crippen molar-refractivity contribution in [3.05, 3.63) is 34.7 Å². The second kappa shape index (κ2) is 5.49. The fourth-order valence-corrected chi connectivity index (χ4v) is 2.18. The van der Waals surface area contributed by atoms with E-state index in [1.54, 1.807) is 7.11 Å². The maximum absolute atomic E-state index is 5.12. The molecule has 0 bridgehead atoms. The smallest absolute Gasteiger partial charge is 0.215 e. The fourth-order valence-electron chi connectivity index (χ4n) is 2.05. The number of rotatable bonds is 3. The first-order chi connectivity index (χ1) is 10.2. The minimum atomic E-state index is 0.366. The highest BCUT2D eigenvalue weighted by atomic mass is 32.1. The van der Waals surface area contributed by atoms with Crippen LogP contribution in [0.25, 0.3) is 0 Å². The van der Waals surface area contributed by atoms with Gasteiger partial charge in [0.2, 0.25) is 4.77 Å². The Morgan fingerprint density at radius 3 is 2.86 bits per heavy atom. The molecule has 7 nitrogen and oxygen atoms in total. The Labute approximate surface area is 126 Å². The molecule has 2 aromatic rings. The van der Waals surface area contributed by atoms with Gasteiger partial charge >= 0.3 is 0 Å². The molecule has 1 aliphatic heterocycles. The standard InChI is InChI=1S/C13H14N6OS/c1-19-7-10(11-12(19)14-13(21)18-17-11)16-15-8-3-5-9(20-2)6-4-8/h3-6,15H,7H2,1-2H3,(H,14,18,21)/b16-10+. The van der Waals surface area contributed by atoms with E-state index in [1.807, 2.05) is 36.2 Å². The van der Waals surface area contributed by atoms with Crippen LogP contribution in [0.1, 0.15) is 5.69 Å². The van der Waals surface area contributed by atoms with Crippen molar-refractivity contribution in [3.8, 4) is 5.75 Å². The summed E-state index contributed by atoms with van der Waals surface area (Å²) in [5.74, 6) is 1.55. The number of hydrogen-bond acceptors (Lipinski definition) is 7. The number of hydrazone groups is 1. The van der Waals surface area contributed by atoms with Crippen molar-refractivity contribution in [2.24, 2.45) is 5.10 Å². The highest BCUT2D eigenvalue weighted by Crippen LogP contribution is 2.22. The highest BCUT2D eigenvalue weighted by Gasteiger charge is 2.25. The Bertz CT molecular complexity index is 739. The summed E-state index contributed by atoms with van der Waals surface area (Å²) >= 11 is 4.99. The summed E-state index contributed by atoms with van der Waals surface area (Å²) in [5.41, 5.74) is 5.41. The van der Waals surface area contributed by atoms with Gasteiger partial charge in [-0.25, -0.2) is 0 Å². The van der Waals surface area contributed by atoms with Gasteiger partial charge in [-0.05, 0) is 36.5 Å². The van der Waals surface area contributed by atoms with Crippen LogP contribution in [0.3, 0.4) is 0 Å². The molecule has 0 saturated heterocycles. The molecule has 1 aromatic heterocycles. The first kappa shape index (κ1) is 13.5. The number of methoxy groups -OCH3 is 1. The molecular formula is C13H14N6OS. The van der Waals surface area contributed by atoms with Crippen molar-refractivity contribution in [3.63, 3.8) is 0 Å². The van der Waals surface area contributed by atoms with Crippen molar-refractivity contribution in [2.45, 2.75) is 0 Å². The number of aromatic nitrogens is 3. The molecule has 0 unspecified atom stereocenters. The van der Waals surface area contributed by atoms with Gasteiger partial charge in [0.1, 0.15) is 11.5 Å². The number of aromatic amines is 1. The zero-order valence-electron chi connectivity index (χ0n) is 11.6. The fraction of sp³-hybridized carbons (Fsp3) is 0.231. The summed E-state index contributed by atoms with van der Waals surface area (Å²) in [6.07, 6.45) is 0. The van der Waals surface area contributed by atoms with E-state index in [1.165, 1.54) is 0 Å². The Kier molecular flexibility index (Phi) is 3.53. The Hall–Kier alpha value is -2.48. The van der Waals surface area contributed by atoms with Gasteiger partial charge in [-0.2, -0.15) is 15.2 Å². The average Bonchev–Trinajstić information content (AvgIpc) is 2.81. The molecule has 0 spiro atoms. The van der Waals surface area contributed by atoms with Crippen molar-refractivity contribution < 1.29 is 4.74 Å². The Morgan fingerprint density at radius 2 is 2.14 bits per heavy atom. The first-order valence-corrected chi connectivity index (χ1v) is 6.73. The monoisotopic (exact) mass is 302 g/mol. The normalized spacial score (nSPS) is 15.1. The molecule has 1 aromatic carbocycles. The molecule has 0 aliphatic carbocycles. The lowest BCUT2D eigenvalue weighted by molar-refractivity contribution is 0.415. The molecule has 0 fully saturated rings. The maximum Gasteiger partial charge on any atom is 0.215 e. The third kappa shape index (κ3) is 2.70. The first-order valence-electron chi connectivity index (χ1n) is 6.32. The van der Waals surface area contributed by atoms with Gasteiger partial charge in [0.05, 0.1) is 19.3 Å². The lowest BCUT2D eigenvalue weighted by Gasteiger charge is -2.07. The molecule has 1 aliphatic rings. The van der Waals surface area contributed by atoms with Crippen LogP contribution in [-0.4, -0.2) is 41.6 Å². The van der Waals surface area contributed by atoms with Gasteiger partial charge in [-0.15, -0.1) is 0 Å². The lowest BCUT2D eigenvalue weighted by Crippen LogP contribution is -2.17. The van der Waals surface area contributed by atoms with Crippen molar-refractivity contribution in [1.29, 1.82) is 0 Å². The summed E-state index contributed by atoms with van der Waals surface area (Å²) in [4.78, 5) is 6.22. The van der Waals surface area contributed by atoms with E-state index < -0.39 is 0 Å². The summed E-state index contributed by atoms with van der Waals surface area (Å²) in [5, 5.41) is 11.3. The van der Waals surface area contributed by atoms with Crippen LogP contribution in [-0.2, 0) is 0 Å². The molecule has 0 amide bonds. The van der Waals surface area contributed by atoms with Gasteiger partial charge < -0.3 is 9.64 Å². The number of fused-ring (bicyclic) bond motifs is 1. The summed E-state index contributed by atoms with van der Waals surface area (Å²) in [6, 6.07) is 7.53.